The summed E-state index contributed by atoms with van der Waals surface area (Å²) in [5.41, 5.74) is 6.75. The van der Waals surface area contributed by atoms with Crippen LogP contribution in [0.15, 0.2) is 41.6 Å². The van der Waals surface area contributed by atoms with Gasteiger partial charge in [-0.15, -0.1) is 0 Å². The second kappa shape index (κ2) is 10.9. The molecule has 2 aromatic rings. The molecule has 1 atom stereocenters. The topological polar surface area (TPSA) is 93.2 Å². The standard InChI is InChI=1S/C25H25N3O5.2C2H6/c1-12(2)26-9-16-14-7-21-22(32-5-4-31-21)8-19(14)27-23-17(16)10-28-13(3)18-11-33-25(30)24(29)15(18)6-20(23)28;2*1-2/h6-8,12,24,26,29H,3-5,9-11H2,1-2H3;2*1-2H3. The summed E-state index contributed by atoms with van der Waals surface area (Å²) in [6, 6.07) is 4.27. The number of carbonyl (C=O) groups is 1. The largest absolute Gasteiger partial charge is 0.486 e. The Balaban J connectivity index is 0.000000765. The summed E-state index contributed by atoms with van der Waals surface area (Å²) < 4.78 is 16.8. The van der Waals surface area contributed by atoms with Gasteiger partial charge in [-0.1, -0.05) is 48.1 Å². The number of nitrogens with one attached hydrogen (secondary N) is 1. The molecular weight excluding hydrogens is 470 g/mol. The Morgan fingerprint density at radius 2 is 1.81 bits per heavy atom. The number of nitrogens with zero attached hydrogens (tertiary/aromatic N) is 2. The van der Waals surface area contributed by atoms with Crippen LogP contribution in [0.25, 0.3) is 16.6 Å². The number of ether oxygens (including phenoxy) is 3. The molecule has 4 aliphatic rings. The van der Waals surface area contributed by atoms with Gasteiger partial charge in [0, 0.05) is 46.4 Å². The maximum Gasteiger partial charge on any atom is 0.340 e. The highest BCUT2D eigenvalue weighted by atomic mass is 16.6. The van der Waals surface area contributed by atoms with Gasteiger partial charge in [-0.05, 0) is 17.7 Å². The van der Waals surface area contributed by atoms with Crippen LogP contribution in [0.5, 0.6) is 11.5 Å². The van der Waals surface area contributed by atoms with Crippen molar-refractivity contribution in [3.63, 3.8) is 0 Å². The summed E-state index contributed by atoms with van der Waals surface area (Å²) in [5.74, 6) is 0.787. The van der Waals surface area contributed by atoms with Crippen LogP contribution < -0.4 is 14.8 Å². The van der Waals surface area contributed by atoms with E-state index in [1.165, 1.54) is 0 Å². The molecule has 198 valence electrons. The minimum Gasteiger partial charge on any atom is -0.486 e. The maximum absolute atomic E-state index is 12.0. The molecule has 0 aliphatic carbocycles. The molecule has 0 saturated carbocycles. The molecule has 0 amide bonds. The Morgan fingerprint density at radius 3 is 2.49 bits per heavy atom. The van der Waals surface area contributed by atoms with Crippen molar-refractivity contribution < 1.29 is 24.1 Å². The van der Waals surface area contributed by atoms with Crippen molar-refractivity contribution in [1.82, 2.24) is 15.2 Å². The molecule has 0 bridgehead atoms. The van der Waals surface area contributed by atoms with Gasteiger partial charge >= 0.3 is 5.97 Å². The van der Waals surface area contributed by atoms with E-state index >= 15 is 0 Å². The molecule has 0 saturated heterocycles. The summed E-state index contributed by atoms with van der Waals surface area (Å²) in [6.07, 6.45) is 0.543. The third-order valence-corrected chi connectivity index (χ3v) is 6.60. The quantitative estimate of drug-likeness (QED) is 0.589. The van der Waals surface area contributed by atoms with Gasteiger partial charge in [-0.25, -0.2) is 9.78 Å². The normalized spacial score (nSPS) is 19.2. The lowest BCUT2D eigenvalue weighted by molar-refractivity contribution is -0.151. The second-order valence-corrected chi connectivity index (χ2v) is 8.97. The number of aliphatic hydroxyl groups is 1. The van der Waals surface area contributed by atoms with Gasteiger partial charge in [0.1, 0.15) is 19.8 Å². The third-order valence-electron chi connectivity index (χ3n) is 6.60. The number of aromatic nitrogens is 1. The van der Waals surface area contributed by atoms with E-state index in [4.69, 9.17) is 19.2 Å². The van der Waals surface area contributed by atoms with Crippen LogP contribution in [-0.2, 0) is 22.6 Å². The molecule has 5 heterocycles. The number of pyridine rings is 1. The van der Waals surface area contributed by atoms with Gasteiger partial charge < -0.3 is 29.5 Å². The first-order chi connectivity index (χ1) is 17.9. The Labute approximate surface area is 218 Å². The highest BCUT2D eigenvalue weighted by molar-refractivity contribution is 5.92. The van der Waals surface area contributed by atoms with Crippen LogP contribution in [0.1, 0.15) is 58.4 Å². The van der Waals surface area contributed by atoms with E-state index in [2.05, 4.69) is 30.6 Å². The number of hydrogen-bond acceptors (Lipinski definition) is 8. The van der Waals surface area contributed by atoms with E-state index in [0.29, 0.717) is 43.7 Å². The zero-order valence-electron chi connectivity index (χ0n) is 22.6. The number of rotatable bonds is 3. The SMILES string of the molecule is C=C1C2=C(C=C3c4nc5cc6c(cc5c(CNC(C)C)c4CN13)OCCO6)C(O)C(=O)OC2.CC.CC. The molecule has 6 rings (SSSR count). The van der Waals surface area contributed by atoms with Crippen LogP contribution in [0, 0.1) is 0 Å². The zero-order chi connectivity index (χ0) is 26.9. The molecule has 2 N–H and O–H groups in total. The van der Waals surface area contributed by atoms with Gasteiger partial charge in [-0.3, -0.25) is 0 Å². The third kappa shape index (κ3) is 4.60. The van der Waals surface area contributed by atoms with Crippen molar-refractivity contribution in [3.05, 3.63) is 58.5 Å². The minimum atomic E-state index is -1.32. The number of benzene rings is 1. The molecule has 8 heteroatoms. The van der Waals surface area contributed by atoms with Crippen molar-refractivity contribution in [3.8, 4) is 11.5 Å². The molecule has 0 fully saturated rings. The molecule has 0 spiro atoms. The molecule has 0 radical (unpaired) electrons. The van der Waals surface area contributed by atoms with Crippen molar-refractivity contribution in [2.45, 2.75) is 66.8 Å². The Morgan fingerprint density at radius 1 is 1.14 bits per heavy atom. The maximum atomic E-state index is 12.0. The molecule has 8 nitrogen and oxygen atoms in total. The number of esters is 1. The predicted octanol–water partition coefficient (Wildman–Crippen LogP) is 4.45. The molecule has 1 unspecified atom stereocenters. The van der Waals surface area contributed by atoms with E-state index in [0.717, 1.165) is 50.4 Å². The van der Waals surface area contributed by atoms with Crippen molar-refractivity contribution >= 4 is 22.6 Å². The van der Waals surface area contributed by atoms with Gasteiger partial charge in [-0.2, -0.15) is 0 Å². The molecule has 4 aliphatic heterocycles. The highest BCUT2D eigenvalue weighted by Crippen LogP contribution is 2.46. The summed E-state index contributed by atoms with van der Waals surface area (Å²) in [6.45, 7) is 18.9. The fourth-order valence-corrected chi connectivity index (χ4v) is 4.88. The van der Waals surface area contributed by atoms with E-state index in [1.807, 2.05) is 45.9 Å². The number of aliphatic hydroxyl groups excluding tert-OH is 1. The average Bonchev–Trinajstić information content (AvgIpc) is 3.28. The minimum absolute atomic E-state index is 0.110. The van der Waals surface area contributed by atoms with Crippen molar-refractivity contribution in [1.29, 1.82) is 0 Å². The van der Waals surface area contributed by atoms with E-state index in [9.17, 15) is 9.90 Å². The number of hydrogen-bond donors (Lipinski definition) is 2. The smallest absolute Gasteiger partial charge is 0.340 e. The Kier molecular flexibility index (Phi) is 7.90. The summed E-state index contributed by atoms with van der Waals surface area (Å²) in [5, 5.41) is 15.0. The predicted molar refractivity (Wildman–Crippen MR) is 144 cm³/mol. The first kappa shape index (κ1) is 26.7. The highest BCUT2D eigenvalue weighted by Gasteiger charge is 2.40. The number of fused-ring (bicyclic) bond motifs is 5. The molecule has 1 aromatic carbocycles. The first-order valence-corrected chi connectivity index (χ1v) is 13.2. The van der Waals surface area contributed by atoms with Gasteiger partial charge in [0.05, 0.1) is 23.5 Å². The van der Waals surface area contributed by atoms with E-state index < -0.39 is 12.1 Å². The van der Waals surface area contributed by atoms with Gasteiger partial charge in [0.25, 0.3) is 0 Å². The van der Waals surface area contributed by atoms with Crippen LogP contribution in [0.2, 0.25) is 0 Å². The van der Waals surface area contributed by atoms with E-state index in [-0.39, 0.29) is 6.61 Å². The van der Waals surface area contributed by atoms with Crippen molar-refractivity contribution in [2.24, 2.45) is 0 Å². The van der Waals surface area contributed by atoms with Gasteiger partial charge in [0.2, 0.25) is 0 Å². The summed E-state index contributed by atoms with van der Waals surface area (Å²) in [4.78, 5) is 19.1. The fourth-order valence-electron chi connectivity index (χ4n) is 4.88. The van der Waals surface area contributed by atoms with Crippen LogP contribution in [0.3, 0.4) is 0 Å². The zero-order valence-corrected chi connectivity index (χ0v) is 22.6. The van der Waals surface area contributed by atoms with E-state index in [1.54, 1.807) is 0 Å². The molecule has 37 heavy (non-hydrogen) atoms. The Hall–Kier alpha value is -3.36. The van der Waals surface area contributed by atoms with Crippen molar-refractivity contribution in [2.75, 3.05) is 19.8 Å². The lowest BCUT2D eigenvalue weighted by Crippen LogP contribution is -2.36. The summed E-state index contributed by atoms with van der Waals surface area (Å²) >= 11 is 0. The first-order valence-electron chi connectivity index (χ1n) is 13.2. The van der Waals surface area contributed by atoms with Crippen LogP contribution in [0.4, 0.5) is 0 Å². The molecular formula is C29H37N3O5. The average molecular weight is 508 g/mol. The second-order valence-electron chi connectivity index (χ2n) is 8.97. The lowest BCUT2D eigenvalue weighted by atomic mass is 9.93. The lowest BCUT2D eigenvalue weighted by Gasteiger charge is -2.33. The Bertz CT molecular complexity index is 1290. The summed E-state index contributed by atoms with van der Waals surface area (Å²) in [7, 11) is 0. The number of cyclic esters (lactones) is 1. The van der Waals surface area contributed by atoms with Crippen LogP contribution in [-0.4, -0.2) is 52.9 Å². The molecule has 1 aromatic heterocycles. The fraction of sp³-hybridized carbons (Fsp3) is 0.448. The van der Waals surface area contributed by atoms with Gasteiger partial charge in [0.15, 0.2) is 17.6 Å². The monoisotopic (exact) mass is 507 g/mol. The van der Waals surface area contributed by atoms with Crippen LogP contribution >= 0.6 is 0 Å². The number of carbonyl (C=O) groups excluding carboxylic acids is 1.